The van der Waals surface area contributed by atoms with Crippen LogP contribution in [-0.4, -0.2) is 22.1 Å². The van der Waals surface area contributed by atoms with E-state index in [0.29, 0.717) is 6.04 Å². The molecule has 0 amide bonds. The standard InChI is InChI=1S/C17H25N3/c1-4-8-18-16(13-17-19-9-10-20(17)3)12-15-7-5-6-14(2)11-15/h5-7,9-11,16,18H,4,8,12-13H2,1-3H3. The minimum Gasteiger partial charge on any atom is -0.338 e. The van der Waals surface area contributed by atoms with Crippen LogP contribution < -0.4 is 5.32 Å². The van der Waals surface area contributed by atoms with Crippen LogP contribution >= 0.6 is 0 Å². The molecule has 0 saturated heterocycles. The number of aryl methyl sites for hydroxylation is 2. The second-order valence-electron chi connectivity index (χ2n) is 5.50. The molecule has 1 atom stereocenters. The van der Waals surface area contributed by atoms with Crippen LogP contribution in [0.25, 0.3) is 0 Å². The summed E-state index contributed by atoms with van der Waals surface area (Å²) in [6.45, 7) is 5.41. The van der Waals surface area contributed by atoms with Gasteiger partial charge >= 0.3 is 0 Å². The van der Waals surface area contributed by atoms with E-state index in [1.54, 1.807) is 0 Å². The second kappa shape index (κ2) is 7.25. The van der Waals surface area contributed by atoms with Crippen molar-refractivity contribution in [2.24, 2.45) is 7.05 Å². The van der Waals surface area contributed by atoms with Gasteiger partial charge in [-0.2, -0.15) is 0 Å². The lowest BCUT2D eigenvalue weighted by atomic mass is 10.0. The molecule has 0 spiro atoms. The first-order chi connectivity index (χ1) is 9.69. The number of nitrogens with one attached hydrogen (secondary N) is 1. The van der Waals surface area contributed by atoms with E-state index in [4.69, 9.17) is 0 Å². The predicted octanol–water partition coefficient (Wildman–Crippen LogP) is 2.88. The Morgan fingerprint density at radius 2 is 2.15 bits per heavy atom. The Bertz CT molecular complexity index is 531. The van der Waals surface area contributed by atoms with Gasteiger partial charge in [0.25, 0.3) is 0 Å². The molecular weight excluding hydrogens is 246 g/mol. The van der Waals surface area contributed by atoms with Crippen LogP contribution in [-0.2, 0) is 19.9 Å². The third kappa shape index (κ3) is 4.20. The Morgan fingerprint density at radius 1 is 1.30 bits per heavy atom. The van der Waals surface area contributed by atoms with Crippen LogP contribution in [0.3, 0.4) is 0 Å². The van der Waals surface area contributed by atoms with E-state index in [1.165, 1.54) is 11.1 Å². The molecule has 108 valence electrons. The van der Waals surface area contributed by atoms with Gasteiger partial charge in [0, 0.05) is 31.9 Å². The highest BCUT2D eigenvalue weighted by Crippen LogP contribution is 2.10. The van der Waals surface area contributed by atoms with Crippen molar-refractivity contribution in [3.05, 3.63) is 53.6 Å². The van der Waals surface area contributed by atoms with E-state index in [-0.39, 0.29) is 0 Å². The third-order valence-corrected chi connectivity index (χ3v) is 3.60. The fraction of sp³-hybridized carbons (Fsp3) is 0.471. The largest absolute Gasteiger partial charge is 0.338 e. The molecule has 0 fully saturated rings. The quantitative estimate of drug-likeness (QED) is 0.839. The summed E-state index contributed by atoms with van der Waals surface area (Å²) < 4.78 is 2.11. The highest BCUT2D eigenvalue weighted by atomic mass is 15.0. The average molecular weight is 271 g/mol. The summed E-state index contributed by atoms with van der Waals surface area (Å²) in [6.07, 6.45) is 7.06. The van der Waals surface area contributed by atoms with Crippen LogP contribution in [0.4, 0.5) is 0 Å². The van der Waals surface area contributed by atoms with E-state index >= 15 is 0 Å². The van der Waals surface area contributed by atoms with Crippen molar-refractivity contribution < 1.29 is 0 Å². The molecule has 1 unspecified atom stereocenters. The summed E-state index contributed by atoms with van der Waals surface area (Å²) in [5.41, 5.74) is 2.72. The van der Waals surface area contributed by atoms with E-state index in [1.807, 2.05) is 12.4 Å². The first-order valence-corrected chi connectivity index (χ1v) is 7.44. The number of imidazole rings is 1. The molecule has 1 aromatic heterocycles. The minimum atomic E-state index is 0.442. The van der Waals surface area contributed by atoms with Crippen LogP contribution in [0.1, 0.15) is 30.3 Å². The fourth-order valence-corrected chi connectivity index (χ4v) is 2.50. The van der Waals surface area contributed by atoms with Crippen molar-refractivity contribution >= 4 is 0 Å². The first-order valence-electron chi connectivity index (χ1n) is 7.44. The maximum atomic E-state index is 4.45. The summed E-state index contributed by atoms with van der Waals surface area (Å²) in [5.74, 6) is 1.14. The van der Waals surface area contributed by atoms with Crippen LogP contribution in [0, 0.1) is 6.92 Å². The van der Waals surface area contributed by atoms with Crippen molar-refractivity contribution in [3.8, 4) is 0 Å². The lowest BCUT2D eigenvalue weighted by Gasteiger charge is -2.18. The Hall–Kier alpha value is -1.61. The molecule has 2 rings (SSSR count). The number of nitrogens with zero attached hydrogens (tertiary/aromatic N) is 2. The molecule has 0 radical (unpaired) electrons. The van der Waals surface area contributed by atoms with Gasteiger partial charge in [0.15, 0.2) is 0 Å². The van der Waals surface area contributed by atoms with Crippen LogP contribution in [0.15, 0.2) is 36.7 Å². The molecule has 0 aliphatic carbocycles. The summed E-state index contributed by atoms with van der Waals surface area (Å²) in [6, 6.07) is 9.22. The minimum absolute atomic E-state index is 0.442. The zero-order valence-corrected chi connectivity index (χ0v) is 12.8. The molecule has 1 heterocycles. The van der Waals surface area contributed by atoms with Gasteiger partial charge in [0.2, 0.25) is 0 Å². The van der Waals surface area contributed by atoms with Crippen molar-refractivity contribution in [2.45, 2.75) is 39.2 Å². The third-order valence-electron chi connectivity index (χ3n) is 3.60. The van der Waals surface area contributed by atoms with Gasteiger partial charge in [-0.15, -0.1) is 0 Å². The molecule has 1 N–H and O–H groups in total. The lowest BCUT2D eigenvalue weighted by Crippen LogP contribution is -2.34. The normalized spacial score (nSPS) is 12.6. The van der Waals surface area contributed by atoms with Crippen molar-refractivity contribution in [1.82, 2.24) is 14.9 Å². The lowest BCUT2D eigenvalue weighted by molar-refractivity contribution is 0.489. The highest BCUT2D eigenvalue weighted by Gasteiger charge is 2.12. The molecule has 0 aliphatic heterocycles. The Labute approximate surface area is 122 Å². The number of hydrogen-bond acceptors (Lipinski definition) is 2. The number of aromatic nitrogens is 2. The van der Waals surface area contributed by atoms with Crippen LogP contribution in [0.5, 0.6) is 0 Å². The number of rotatable bonds is 7. The van der Waals surface area contributed by atoms with E-state index in [2.05, 4.69) is 60.0 Å². The summed E-state index contributed by atoms with van der Waals surface area (Å²) in [4.78, 5) is 4.45. The number of benzene rings is 1. The molecule has 3 heteroatoms. The Balaban J connectivity index is 2.05. The zero-order chi connectivity index (χ0) is 14.4. The monoisotopic (exact) mass is 271 g/mol. The predicted molar refractivity (Wildman–Crippen MR) is 83.9 cm³/mol. The molecule has 2 aromatic rings. The van der Waals surface area contributed by atoms with E-state index in [9.17, 15) is 0 Å². The topological polar surface area (TPSA) is 29.9 Å². The van der Waals surface area contributed by atoms with Gasteiger partial charge in [-0.3, -0.25) is 0 Å². The summed E-state index contributed by atoms with van der Waals surface area (Å²) in [7, 11) is 2.06. The second-order valence-corrected chi connectivity index (χ2v) is 5.50. The highest BCUT2D eigenvalue weighted by molar-refractivity contribution is 5.23. The van der Waals surface area contributed by atoms with Gasteiger partial charge in [-0.1, -0.05) is 36.8 Å². The van der Waals surface area contributed by atoms with Crippen molar-refractivity contribution in [3.63, 3.8) is 0 Å². The molecule has 1 aromatic carbocycles. The average Bonchev–Trinajstić information content (AvgIpc) is 2.82. The number of hydrogen-bond donors (Lipinski definition) is 1. The molecule has 0 saturated carbocycles. The fourth-order valence-electron chi connectivity index (χ4n) is 2.50. The maximum absolute atomic E-state index is 4.45. The van der Waals surface area contributed by atoms with Gasteiger partial charge in [0.1, 0.15) is 5.82 Å². The molecular formula is C17H25N3. The van der Waals surface area contributed by atoms with Crippen molar-refractivity contribution in [1.29, 1.82) is 0 Å². The molecule has 3 nitrogen and oxygen atoms in total. The van der Waals surface area contributed by atoms with Gasteiger partial charge in [-0.25, -0.2) is 4.98 Å². The van der Waals surface area contributed by atoms with E-state index < -0.39 is 0 Å². The zero-order valence-electron chi connectivity index (χ0n) is 12.8. The summed E-state index contributed by atoms with van der Waals surface area (Å²) in [5, 5.41) is 3.65. The smallest absolute Gasteiger partial charge is 0.109 e. The molecule has 0 aliphatic rings. The van der Waals surface area contributed by atoms with Gasteiger partial charge < -0.3 is 9.88 Å². The SMILES string of the molecule is CCCNC(Cc1cccc(C)c1)Cc1nccn1C. The Kier molecular flexibility index (Phi) is 5.36. The molecule has 20 heavy (non-hydrogen) atoms. The Morgan fingerprint density at radius 3 is 2.80 bits per heavy atom. The summed E-state index contributed by atoms with van der Waals surface area (Å²) >= 11 is 0. The van der Waals surface area contributed by atoms with Gasteiger partial charge in [-0.05, 0) is 31.9 Å². The van der Waals surface area contributed by atoms with Crippen LogP contribution in [0.2, 0.25) is 0 Å². The van der Waals surface area contributed by atoms with Crippen molar-refractivity contribution in [2.75, 3.05) is 6.54 Å². The maximum Gasteiger partial charge on any atom is 0.109 e. The van der Waals surface area contributed by atoms with Gasteiger partial charge in [0.05, 0.1) is 0 Å². The first kappa shape index (κ1) is 14.8. The van der Waals surface area contributed by atoms with E-state index in [0.717, 1.165) is 31.6 Å². The molecule has 0 bridgehead atoms.